The fourth-order valence-electron chi connectivity index (χ4n) is 1.34. The second-order valence-corrected chi connectivity index (χ2v) is 4.68. The van der Waals surface area contributed by atoms with E-state index in [2.05, 4.69) is 26.2 Å². The Morgan fingerprint density at radius 3 is 2.63 bits per heavy atom. The second-order valence-electron chi connectivity index (χ2n) is 3.77. The first-order valence-electron chi connectivity index (χ1n) is 5.53. The second kappa shape index (κ2) is 6.19. The number of aromatic nitrogens is 1. The number of amides is 1. The van der Waals surface area contributed by atoms with Crippen LogP contribution in [0.2, 0.25) is 0 Å². The quantitative estimate of drug-likeness (QED) is 0.848. The zero-order valence-corrected chi connectivity index (χ0v) is 11.6. The van der Waals surface area contributed by atoms with Crippen LogP contribution in [0.1, 0.15) is 0 Å². The first-order chi connectivity index (χ1) is 9.13. The van der Waals surface area contributed by atoms with E-state index in [0.29, 0.717) is 17.3 Å². The van der Waals surface area contributed by atoms with Crippen molar-refractivity contribution in [1.82, 2.24) is 4.98 Å². The zero-order chi connectivity index (χ0) is 13.7. The molecule has 3 N–H and O–H groups in total. The van der Waals surface area contributed by atoms with E-state index in [0.717, 1.165) is 4.47 Å². The number of anilines is 2. The van der Waals surface area contributed by atoms with Gasteiger partial charge in [0.15, 0.2) is 6.61 Å². The number of nitrogens with one attached hydrogen (secondary N) is 1. The van der Waals surface area contributed by atoms with Crippen LogP contribution in [0.3, 0.4) is 0 Å². The van der Waals surface area contributed by atoms with Crippen molar-refractivity contribution >= 4 is 33.3 Å². The lowest BCUT2D eigenvalue weighted by molar-refractivity contribution is -0.118. The summed E-state index contributed by atoms with van der Waals surface area (Å²) in [7, 11) is 0. The van der Waals surface area contributed by atoms with Gasteiger partial charge in [-0.1, -0.05) is 0 Å². The number of hydrogen-bond donors (Lipinski definition) is 2. The van der Waals surface area contributed by atoms with Gasteiger partial charge in [0.1, 0.15) is 11.6 Å². The van der Waals surface area contributed by atoms with E-state index >= 15 is 0 Å². The van der Waals surface area contributed by atoms with Gasteiger partial charge < -0.3 is 15.8 Å². The largest absolute Gasteiger partial charge is 0.484 e. The molecular weight excluding hydrogens is 310 g/mol. The molecule has 1 amide bonds. The number of pyridine rings is 1. The maximum atomic E-state index is 11.6. The number of benzene rings is 1. The van der Waals surface area contributed by atoms with Gasteiger partial charge in [-0.25, -0.2) is 4.98 Å². The number of hydrogen-bond acceptors (Lipinski definition) is 4. The van der Waals surface area contributed by atoms with Crippen molar-refractivity contribution in [1.29, 1.82) is 0 Å². The molecule has 1 aromatic heterocycles. The third-order valence-electron chi connectivity index (χ3n) is 2.24. The molecule has 1 heterocycles. The number of carbonyl (C=O) groups excluding carboxylic acids is 1. The highest BCUT2D eigenvalue weighted by Crippen LogP contribution is 2.13. The summed E-state index contributed by atoms with van der Waals surface area (Å²) in [5.74, 6) is 0.800. The van der Waals surface area contributed by atoms with Gasteiger partial charge in [-0.05, 0) is 52.3 Å². The lowest BCUT2D eigenvalue weighted by Crippen LogP contribution is -2.20. The van der Waals surface area contributed by atoms with Gasteiger partial charge in [0, 0.05) is 16.4 Å². The van der Waals surface area contributed by atoms with E-state index in [-0.39, 0.29) is 12.5 Å². The summed E-state index contributed by atoms with van der Waals surface area (Å²) in [5.41, 5.74) is 6.20. The first kappa shape index (κ1) is 13.4. The average molecular weight is 322 g/mol. The highest BCUT2D eigenvalue weighted by Gasteiger charge is 2.04. The highest BCUT2D eigenvalue weighted by molar-refractivity contribution is 9.10. The molecule has 1 aromatic carbocycles. The Morgan fingerprint density at radius 2 is 2.00 bits per heavy atom. The van der Waals surface area contributed by atoms with Crippen LogP contribution in [0, 0.1) is 0 Å². The standard InChI is InChI=1S/C13H12BrN3O2/c14-9-1-6-12(16-7-9)17-13(18)8-19-11-4-2-10(15)3-5-11/h1-7H,8,15H2,(H,16,17,18). The molecule has 5 nitrogen and oxygen atoms in total. The van der Waals surface area contributed by atoms with Gasteiger partial charge in [-0.15, -0.1) is 0 Å². The lowest BCUT2D eigenvalue weighted by atomic mass is 10.3. The van der Waals surface area contributed by atoms with Crippen molar-refractivity contribution in [2.75, 3.05) is 17.7 Å². The molecule has 6 heteroatoms. The number of ether oxygens (including phenoxy) is 1. The van der Waals surface area contributed by atoms with Crippen LogP contribution in [0.15, 0.2) is 47.1 Å². The predicted octanol–water partition coefficient (Wildman–Crippen LogP) is 2.44. The van der Waals surface area contributed by atoms with Gasteiger partial charge in [-0.3, -0.25) is 4.79 Å². The van der Waals surface area contributed by atoms with E-state index in [1.807, 2.05) is 0 Å². The van der Waals surface area contributed by atoms with Crippen LogP contribution in [0.5, 0.6) is 5.75 Å². The molecule has 98 valence electrons. The van der Waals surface area contributed by atoms with Crippen molar-refractivity contribution < 1.29 is 9.53 Å². The minimum absolute atomic E-state index is 0.0817. The summed E-state index contributed by atoms with van der Waals surface area (Å²) >= 11 is 3.27. The molecule has 0 fully saturated rings. The molecule has 0 saturated carbocycles. The van der Waals surface area contributed by atoms with E-state index in [1.165, 1.54) is 0 Å². The summed E-state index contributed by atoms with van der Waals surface area (Å²) in [4.78, 5) is 15.7. The van der Waals surface area contributed by atoms with E-state index < -0.39 is 0 Å². The van der Waals surface area contributed by atoms with Crippen molar-refractivity contribution in [2.24, 2.45) is 0 Å². The van der Waals surface area contributed by atoms with Crippen LogP contribution in [-0.4, -0.2) is 17.5 Å². The highest BCUT2D eigenvalue weighted by atomic mass is 79.9. The summed E-state index contributed by atoms with van der Waals surface area (Å²) in [6.07, 6.45) is 1.61. The van der Waals surface area contributed by atoms with E-state index in [9.17, 15) is 4.79 Å². The Kier molecular flexibility index (Phi) is 4.35. The Balaban J connectivity index is 1.84. The third-order valence-corrected chi connectivity index (χ3v) is 2.71. The SMILES string of the molecule is Nc1ccc(OCC(=O)Nc2ccc(Br)cn2)cc1. The fourth-order valence-corrected chi connectivity index (χ4v) is 1.58. The van der Waals surface area contributed by atoms with Crippen molar-refractivity contribution in [3.05, 3.63) is 47.1 Å². The van der Waals surface area contributed by atoms with E-state index in [1.54, 1.807) is 42.6 Å². The molecule has 2 aromatic rings. The van der Waals surface area contributed by atoms with Gasteiger partial charge in [0.25, 0.3) is 5.91 Å². The zero-order valence-electron chi connectivity index (χ0n) is 9.97. The monoisotopic (exact) mass is 321 g/mol. The first-order valence-corrected chi connectivity index (χ1v) is 6.32. The van der Waals surface area contributed by atoms with Gasteiger partial charge in [0.05, 0.1) is 0 Å². The van der Waals surface area contributed by atoms with E-state index in [4.69, 9.17) is 10.5 Å². The van der Waals surface area contributed by atoms with Gasteiger partial charge in [-0.2, -0.15) is 0 Å². The summed E-state index contributed by atoms with van der Waals surface area (Å²) in [6, 6.07) is 10.3. The molecular formula is C13H12BrN3O2. The molecule has 0 bridgehead atoms. The number of carbonyl (C=O) groups is 1. The fraction of sp³-hybridized carbons (Fsp3) is 0.0769. The van der Waals surface area contributed by atoms with Crippen LogP contribution >= 0.6 is 15.9 Å². The van der Waals surface area contributed by atoms with Gasteiger partial charge in [0.2, 0.25) is 0 Å². The molecule has 0 atom stereocenters. The number of rotatable bonds is 4. The lowest BCUT2D eigenvalue weighted by Gasteiger charge is -2.07. The summed E-state index contributed by atoms with van der Waals surface area (Å²) in [5, 5.41) is 2.63. The molecule has 0 unspecified atom stereocenters. The van der Waals surface area contributed by atoms with Crippen molar-refractivity contribution in [2.45, 2.75) is 0 Å². The van der Waals surface area contributed by atoms with Crippen molar-refractivity contribution in [3.8, 4) is 5.75 Å². The maximum Gasteiger partial charge on any atom is 0.263 e. The normalized spacial score (nSPS) is 9.95. The molecule has 0 radical (unpaired) electrons. The maximum absolute atomic E-state index is 11.6. The topological polar surface area (TPSA) is 77.2 Å². The number of halogens is 1. The summed E-state index contributed by atoms with van der Waals surface area (Å²) in [6.45, 7) is -0.0817. The minimum atomic E-state index is -0.272. The smallest absolute Gasteiger partial charge is 0.263 e. The molecule has 19 heavy (non-hydrogen) atoms. The predicted molar refractivity (Wildman–Crippen MR) is 76.9 cm³/mol. The number of nitrogens with zero attached hydrogens (tertiary/aromatic N) is 1. The number of nitrogen functional groups attached to an aromatic ring is 1. The molecule has 2 rings (SSSR count). The summed E-state index contributed by atoms with van der Waals surface area (Å²) < 4.78 is 6.16. The molecule has 0 saturated heterocycles. The third kappa shape index (κ3) is 4.26. The molecule has 0 aliphatic heterocycles. The average Bonchev–Trinajstić information content (AvgIpc) is 2.41. The Bertz CT molecular complexity index is 555. The Labute approximate surface area is 118 Å². The Morgan fingerprint density at radius 1 is 1.26 bits per heavy atom. The molecule has 0 aliphatic carbocycles. The molecule has 0 aliphatic rings. The van der Waals surface area contributed by atoms with Crippen LogP contribution < -0.4 is 15.8 Å². The van der Waals surface area contributed by atoms with Crippen LogP contribution in [0.25, 0.3) is 0 Å². The van der Waals surface area contributed by atoms with Gasteiger partial charge >= 0.3 is 0 Å². The number of nitrogens with two attached hydrogens (primary N) is 1. The van der Waals surface area contributed by atoms with Crippen LogP contribution in [0.4, 0.5) is 11.5 Å². The molecule has 0 spiro atoms. The Hall–Kier alpha value is -2.08. The minimum Gasteiger partial charge on any atom is -0.484 e. The van der Waals surface area contributed by atoms with Crippen molar-refractivity contribution in [3.63, 3.8) is 0 Å². The van der Waals surface area contributed by atoms with Crippen LogP contribution in [-0.2, 0) is 4.79 Å².